The number of rotatable bonds is 3. The van der Waals surface area contributed by atoms with Crippen molar-refractivity contribution < 1.29 is 9.90 Å². The van der Waals surface area contributed by atoms with Crippen molar-refractivity contribution in [1.82, 2.24) is 5.32 Å². The molecule has 1 aliphatic rings. The van der Waals surface area contributed by atoms with Gasteiger partial charge in [0.25, 0.3) is 0 Å². The predicted octanol–water partition coefficient (Wildman–Crippen LogP) is 2.07. The first-order valence-corrected chi connectivity index (χ1v) is 5.89. The quantitative estimate of drug-likeness (QED) is 0.760. The molecular formula is C10H19NO2S. The number of hydrogen-bond donors (Lipinski definition) is 2. The summed E-state index contributed by atoms with van der Waals surface area (Å²) in [5.41, 5.74) is 0. The Balaban J connectivity index is 2.90. The van der Waals surface area contributed by atoms with Crippen molar-refractivity contribution in [2.75, 3.05) is 0 Å². The van der Waals surface area contributed by atoms with Crippen molar-refractivity contribution in [1.29, 1.82) is 0 Å². The summed E-state index contributed by atoms with van der Waals surface area (Å²) in [5, 5.41) is 12.4. The number of nitrogens with one attached hydrogen (secondary N) is 1. The molecule has 0 aromatic rings. The van der Waals surface area contributed by atoms with Crippen LogP contribution in [0.2, 0.25) is 0 Å². The van der Waals surface area contributed by atoms with Crippen LogP contribution < -0.4 is 5.32 Å². The van der Waals surface area contributed by atoms with E-state index in [2.05, 4.69) is 19.2 Å². The molecule has 1 rings (SSSR count). The van der Waals surface area contributed by atoms with Crippen LogP contribution in [0.25, 0.3) is 0 Å². The highest BCUT2D eigenvalue weighted by Crippen LogP contribution is 2.47. The van der Waals surface area contributed by atoms with Crippen molar-refractivity contribution in [3.8, 4) is 0 Å². The van der Waals surface area contributed by atoms with Crippen LogP contribution in [-0.4, -0.2) is 26.7 Å². The van der Waals surface area contributed by atoms with E-state index in [-0.39, 0.29) is 9.62 Å². The van der Waals surface area contributed by atoms with Crippen molar-refractivity contribution in [3.63, 3.8) is 0 Å². The van der Waals surface area contributed by atoms with E-state index < -0.39 is 12.0 Å². The molecule has 0 radical (unpaired) electrons. The largest absolute Gasteiger partial charge is 0.480 e. The van der Waals surface area contributed by atoms with E-state index in [9.17, 15) is 4.79 Å². The van der Waals surface area contributed by atoms with Gasteiger partial charge in [0.05, 0.1) is 4.87 Å². The minimum atomic E-state index is -0.744. The summed E-state index contributed by atoms with van der Waals surface area (Å²) in [6.45, 7) is 8.20. The maximum atomic E-state index is 11.1. The fraction of sp³-hybridized carbons (Fsp3) is 0.900. The monoisotopic (exact) mass is 217 g/mol. The summed E-state index contributed by atoms with van der Waals surface area (Å²) in [6.07, 6.45) is 1.92. The molecule has 1 saturated heterocycles. The molecule has 1 atom stereocenters. The normalized spacial score (nSPS) is 29.0. The number of carbonyl (C=O) groups is 1. The summed E-state index contributed by atoms with van der Waals surface area (Å²) in [7, 11) is 0. The first kappa shape index (κ1) is 11.9. The van der Waals surface area contributed by atoms with E-state index in [0.29, 0.717) is 0 Å². The van der Waals surface area contributed by atoms with Gasteiger partial charge in [-0.25, -0.2) is 0 Å². The van der Waals surface area contributed by atoms with E-state index >= 15 is 0 Å². The molecule has 14 heavy (non-hydrogen) atoms. The minimum absolute atomic E-state index is 0.0491. The SMILES string of the molecule is CCC1(CC)NC(C(=O)O)C(C)(C)S1. The molecule has 0 bridgehead atoms. The number of carboxylic acids is 1. The number of thioether (sulfide) groups is 1. The van der Waals surface area contributed by atoms with Crippen LogP contribution in [0.1, 0.15) is 40.5 Å². The van der Waals surface area contributed by atoms with Gasteiger partial charge < -0.3 is 5.11 Å². The average molecular weight is 217 g/mol. The van der Waals surface area contributed by atoms with Crippen LogP contribution in [0.5, 0.6) is 0 Å². The molecule has 0 aromatic heterocycles. The molecule has 0 aromatic carbocycles. The molecule has 1 aliphatic heterocycles. The predicted molar refractivity (Wildman–Crippen MR) is 59.5 cm³/mol. The van der Waals surface area contributed by atoms with E-state index in [0.717, 1.165) is 12.8 Å². The maximum absolute atomic E-state index is 11.1. The molecule has 1 fully saturated rings. The van der Waals surface area contributed by atoms with Gasteiger partial charge in [0, 0.05) is 4.75 Å². The molecule has 0 aliphatic carbocycles. The van der Waals surface area contributed by atoms with Gasteiger partial charge in [-0.1, -0.05) is 13.8 Å². The first-order valence-electron chi connectivity index (χ1n) is 5.07. The fourth-order valence-corrected chi connectivity index (χ4v) is 3.74. The molecule has 2 N–H and O–H groups in total. The molecule has 1 unspecified atom stereocenters. The summed E-state index contributed by atoms with van der Waals surface area (Å²) >= 11 is 1.76. The molecular weight excluding hydrogens is 198 g/mol. The lowest BCUT2D eigenvalue weighted by Gasteiger charge is -2.26. The number of carboxylic acid groups (broad SMARTS) is 1. The Morgan fingerprint density at radius 2 is 1.93 bits per heavy atom. The fourth-order valence-electron chi connectivity index (χ4n) is 1.99. The highest BCUT2D eigenvalue weighted by Gasteiger charge is 2.51. The lowest BCUT2D eigenvalue weighted by Crippen LogP contribution is -2.48. The molecule has 0 saturated carbocycles. The van der Waals surface area contributed by atoms with Gasteiger partial charge in [0.2, 0.25) is 0 Å². The van der Waals surface area contributed by atoms with Crippen LogP contribution in [0.15, 0.2) is 0 Å². The first-order chi connectivity index (χ1) is 6.37. The zero-order chi connectivity index (χ0) is 11.0. The van der Waals surface area contributed by atoms with Gasteiger partial charge in [0.1, 0.15) is 6.04 Å². The van der Waals surface area contributed by atoms with Gasteiger partial charge in [0.15, 0.2) is 0 Å². The number of hydrogen-bond acceptors (Lipinski definition) is 3. The van der Waals surface area contributed by atoms with Crippen LogP contribution in [-0.2, 0) is 4.79 Å². The smallest absolute Gasteiger partial charge is 0.322 e. The highest BCUT2D eigenvalue weighted by atomic mass is 32.2. The molecule has 1 heterocycles. The minimum Gasteiger partial charge on any atom is -0.480 e. The van der Waals surface area contributed by atoms with Gasteiger partial charge in [-0.05, 0) is 26.7 Å². The second-order valence-electron chi connectivity index (χ2n) is 4.32. The van der Waals surface area contributed by atoms with Crippen molar-refractivity contribution in [3.05, 3.63) is 0 Å². The Morgan fingerprint density at radius 3 is 2.14 bits per heavy atom. The van der Waals surface area contributed by atoms with Crippen LogP contribution in [0.3, 0.4) is 0 Å². The second kappa shape index (κ2) is 3.74. The van der Waals surface area contributed by atoms with Crippen molar-refractivity contribution in [2.24, 2.45) is 0 Å². The molecule has 82 valence electrons. The Bertz CT molecular complexity index is 236. The molecule has 4 heteroatoms. The van der Waals surface area contributed by atoms with E-state index in [1.807, 2.05) is 13.8 Å². The van der Waals surface area contributed by atoms with E-state index in [1.54, 1.807) is 11.8 Å². The van der Waals surface area contributed by atoms with Crippen molar-refractivity contribution >= 4 is 17.7 Å². The standard InChI is InChI=1S/C10H19NO2S/c1-5-10(6-2)11-7(8(12)13)9(3,4)14-10/h7,11H,5-6H2,1-4H3,(H,12,13). The Hall–Kier alpha value is -0.220. The van der Waals surface area contributed by atoms with Gasteiger partial charge >= 0.3 is 5.97 Å². The summed E-state index contributed by atoms with van der Waals surface area (Å²) in [4.78, 5) is 11.0. The molecule has 0 amide bonds. The lowest BCUT2D eigenvalue weighted by molar-refractivity contribution is -0.140. The van der Waals surface area contributed by atoms with Gasteiger partial charge in [-0.3, -0.25) is 10.1 Å². The summed E-state index contributed by atoms with van der Waals surface area (Å²) in [6, 6.07) is -0.438. The number of aliphatic carboxylic acids is 1. The Morgan fingerprint density at radius 1 is 1.43 bits per heavy atom. The zero-order valence-corrected chi connectivity index (χ0v) is 10.1. The highest BCUT2D eigenvalue weighted by molar-refractivity contribution is 8.02. The van der Waals surface area contributed by atoms with Crippen LogP contribution in [0, 0.1) is 0 Å². The zero-order valence-electron chi connectivity index (χ0n) is 9.26. The average Bonchev–Trinajstić information content (AvgIpc) is 2.38. The van der Waals surface area contributed by atoms with Gasteiger partial charge in [-0.15, -0.1) is 11.8 Å². The maximum Gasteiger partial charge on any atom is 0.322 e. The summed E-state index contributed by atoms with van der Waals surface area (Å²) in [5.74, 6) is -0.744. The van der Waals surface area contributed by atoms with Crippen LogP contribution >= 0.6 is 11.8 Å². The lowest BCUT2D eigenvalue weighted by atomic mass is 10.0. The second-order valence-corrected chi connectivity index (χ2v) is 6.36. The third kappa shape index (κ3) is 1.91. The topological polar surface area (TPSA) is 49.3 Å². The van der Waals surface area contributed by atoms with Crippen molar-refractivity contribution in [2.45, 2.75) is 56.2 Å². The third-order valence-electron chi connectivity index (χ3n) is 2.95. The van der Waals surface area contributed by atoms with Crippen LogP contribution in [0.4, 0.5) is 0 Å². The van der Waals surface area contributed by atoms with Gasteiger partial charge in [-0.2, -0.15) is 0 Å². The molecule has 3 nitrogen and oxygen atoms in total. The van der Waals surface area contributed by atoms with E-state index in [4.69, 9.17) is 5.11 Å². The Kier molecular flexibility index (Phi) is 3.17. The summed E-state index contributed by atoms with van der Waals surface area (Å²) < 4.78 is -0.224. The third-order valence-corrected chi connectivity index (χ3v) is 4.80. The van der Waals surface area contributed by atoms with E-state index in [1.165, 1.54) is 0 Å². The molecule has 0 spiro atoms. The Labute approximate surface area is 89.6 Å².